The molecule has 0 saturated carbocycles. The van der Waals surface area contributed by atoms with Gasteiger partial charge in [0, 0.05) is 63.6 Å². The molecule has 1 fully saturated rings. The molecule has 12 heteroatoms. The summed E-state index contributed by atoms with van der Waals surface area (Å²) in [5.41, 5.74) is 0.895. The molecule has 3 heterocycles. The highest BCUT2D eigenvalue weighted by molar-refractivity contribution is 5.94. The first kappa shape index (κ1) is 27.0. The number of anilines is 2. The summed E-state index contributed by atoms with van der Waals surface area (Å²) in [7, 11) is 0. The fourth-order valence-corrected chi connectivity index (χ4v) is 3.94. The summed E-state index contributed by atoms with van der Waals surface area (Å²) < 4.78 is 4.96. The first-order valence-corrected chi connectivity index (χ1v) is 12.7. The maximum Gasteiger partial charge on any atom is 0.407 e. The molecule has 0 bridgehead atoms. The molecule has 0 radical (unpaired) electrons. The maximum absolute atomic E-state index is 12.7. The van der Waals surface area contributed by atoms with Crippen molar-refractivity contribution in [1.82, 2.24) is 20.5 Å². The number of aliphatic imine (C=N–C) groups is 1. The zero-order valence-corrected chi connectivity index (χ0v) is 20.9. The summed E-state index contributed by atoms with van der Waals surface area (Å²) in [6.07, 6.45) is 4.74. The Labute approximate surface area is 211 Å². The van der Waals surface area contributed by atoms with Gasteiger partial charge in [-0.3, -0.25) is 9.79 Å². The summed E-state index contributed by atoms with van der Waals surface area (Å²) >= 11 is 0. The summed E-state index contributed by atoms with van der Waals surface area (Å²) in [5, 5.41) is 18.3. The second-order valence-electron chi connectivity index (χ2n) is 8.82. The first-order valence-electron chi connectivity index (χ1n) is 12.7. The molecule has 0 spiro atoms. The van der Waals surface area contributed by atoms with Crippen LogP contribution in [-0.2, 0) is 14.3 Å². The molecule has 0 aliphatic carbocycles. The fraction of sp³-hybridized carbons (Fsp3) is 0.625. The molecule has 0 unspecified atom stereocenters. The average Bonchev–Trinajstić information content (AvgIpc) is 3.15. The number of nitrogens with one attached hydrogen (secondary N) is 3. The highest BCUT2D eigenvalue weighted by atomic mass is 16.5. The van der Waals surface area contributed by atoms with E-state index >= 15 is 0 Å². The number of aromatic nitrogens is 1. The number of guanidine groups is 1. The van der Waals surface area contributed by atoms with Gasteiger partial charge in [0.1, 0.15) is 11.9 Å². The van der Waals surface area contributed by atoms with E-state index < -0.39 is 18.1 Å². The molecular formula is C24H37N7O5. The van der Waals surface area contributed by atoms with Gasteiger partial charge >= 0.3 is 12.1 Å². The van der Waals surface area contributed by atoms with E-state index in [0.717, 1.165) is 49.8 Å². The molecule has 2 amide bonds. The molecule has 198 valence electrons. The SMILES string of the molecule is CCCCOC(=O)N[C@@H](CCC(=O)N1CCN(c2cc(NC3=NCCCCN3)ccn2)CC1)C(=O)O. The zero-order valence-electron chi connectivity index (χ0n) is 20.9. The number of amides is 2. The Balaban J connectivity index is 1.45. The Bertz CT molecular complexity index is 918. The van der Waals surface area contributed by atoms with Crippen LogP contribution in [0.2, 0.25) is 0 Å². The molecular weight excluding hydrogens is 466 g/mol. The minimum Gasteiger partial charge on any atom is -0.480 e. The third-order valence-electron chi connectivity index (χ3n) is 6.08. The number of carboxylic acids is 1. The van der Waals surface area contributed by atoms with Crippen LogP contribution in [0.15, 0.2) is 23.3 Å². The predicted molar refractivity (Wildman–Crippen MR) is 136 cm³/mol. The minimum absolute atomic E-state index is 0.00442. The van der Waals surface area contributed by atoms with Crippen LogP contribution >= 0.6 is 0 Å². The summed E-state index contributed by atoms with van der Waals surface area (Å²) in [5.74, 6) is 0.258. The molecule has 1 saturated heterocycles. The van der Waals surface area contributed by atoms with E-state index in [-0.39, 0.29) is 25.4 Å². The molecule has 1 aromatic heterocycles. The number of carboxylic acid groups (broad SMARTS) is 1. The van der Waals surface area contributed by atoms with Crippen molar-refractivity contribution in [3.8, 4) is 0 Å². The Hall–Kier alpha value is -3.57. The van der Waals surface area contributed by atoms with Crippen LogP contribution < -0.4 is 20.9 Å². The van der Waals surface area contributed by atoms with Crippen LogP contribution in [0, 0.1) is 0 Å². The average molecular weight is 504 g/mol. The molecule has 2 aliphatic heterocycles. The number of rotatable bonds is 10. The molecule has 1 aromatic rings. The van der Waals surface area contributed by atoms with Crippen molar-refractivity contribution in [2.45, 2.75) is 51.5 Å². The van der Waals surface area contributed by atoms with E-state index in [4.69, 9.17) is 4.74 Å². The number of hydrogen-bond donors (Lipinski definition) is 4. The lowest BCUT2D eigenvalue weighted by Crippen LogP contribution is -2.49. The van der Waals surface area contributed by atoms with Gasteiger partial charge < -0.3 is 35.6 Å². The predicted octanol–water partition coefficient (Wildman–Crippen LogP) is 1.64. The third-order valence-corrected chi connectivity index (χ3v) is 6.08. The van der Waals surface area contributed by atoms with Crippen molar-refractivity contribution in [2.24, 2.45) is 4.99 Å². The second-order valence-corrected chi connectivity index (χ2v) is 8.82. The highest BCUT2D eigenvalue weighted by Crippen LogP contribution is 2.19. The largest absolute Gasteiger partial charge is 0.480 e. The maximum atomic E-state index is 12.7. The van der Waals surface area contributed by atoms with Crippen LogP contribution in [0.4, 0.5) is 16.3 Å². The van der Waals surface area contributed by atoms with Gasteiger partial charge in [0.25, 0.3) is 0 Å². The lowest BCUT2D eigenvalue weighted by Gasteiger charge is -2.35. The Kier molecular flexibility index (Phi) is 10.6. The zero-order chi connectivity index (χ0) is 25.8. The van der Waals surface area contributed by atoms with Gasteiger partial charge in [-0.2, -0.15) is 0 Å². The number of aliphatic carboxylic acids is 1. The Morgan fingerprint density at radius 2 is 2.03 bits per heavy atom. The van der Waals surface area contributed by atoms with Gasteiger partial charge in [-0.1, -0.05) is 13.3 Å². The number of carbonyl (C=O) groups excluding carboxylic acids is 2. The van der Waals surface area contributed by atoms with E-state index in [1.54, 1.807) is 11.1 Å². The van der Waals surface area contributed by atoms with Crippen LogP contribution in [-0.4, -0.2) is 90.8 Å². The first-order chi connectivity index (χ1) is 17.5. The van der Waals surface area contributed by atoms with Crippen molar-refractivity contribution >= 4 is 35.4 Å². The topological polar surface area (TPSA) is 148 Å². The fourth-order valence-electron chi connectivity index (χ4n) is 3.94. The van der Waals surface area contributed by atoms with E-state index in [1.165, 1.54) is 0 Å². The lowest BCUT2D eigenvalue weighted by molar-refractivity contribution is -0.140. The lowest BCUT2D eigenvalue weighted by atomic mass is 10.1. The summed E-state index contributed by atoms with van der Waals surface area (Å²) in [4.78, 5) is 48.8. The Morgan fingerprint density at radius 3 is 2.78 bits per heavy atom. The third kappa shape index (κ3) is 8.58. The van der Waals surface area contributed by atoms with Crippen molar-refractivity contribution in [2.75, 3.05) is 56.1 Å². The van der Waals surface area contributed by atoms with E-state index in [1.807, 2.05) is 19.1 Å². The normalized spacial score (nSPS) is 16.8. The van der Waals surface area contributed by atoms with Crippen LogP contribution in [0.25, 0.3) is 0 Å². The summed E-state index contributed by atoms with van der Waals surface area (Å²) in [6, 6.07) is 2.69. The van der Waals surface area contributed by atoms with Gasteiger partial charge in [0.15, 0.2) is 5.96 Å². The number of nitrogens with zero attached hydrogens (tertiary/aromatic N) is 4. The van der Waals surface area contributed by atoms with Gasteiger partial charge in [-0.25, -0.2) is 14.6 Å². The number of ether oxygens (including phenoxy) is 1. The number of piperazine rings is 1. The molecule has 3 rings (SSSR count). The smallest absolute Gasteiger partial charge is 0.407 e. The molecule has 4 N–H and O–H groups in total. The number of hydrogen-bond acceptors (Lipinski definition) is 9. The van der Waals surface area contributed by atoms with Gasteiger partial charge in [0.05, 0.1) is 6.61 Å². The van der Waals surface area contributed by atoms with Crippen molar-refractivity contribution in [3.05, 3.63) is 18.3 Å². The Morgan fingerprint density at radius 1 is 1.22 bits per heavy atom. The standard InChI is InChI=1S/C24H37N7O5/c1-2-3-16-36-24(35)29-19(22(33)34)6-7-21(32)31-14-12-30(13-15-31)20-17-18(8-11-25-20)28-23-26-9-4-5-10-27-23/h8,11,17,19H,2-7,9-10,12-16H2,1H3,(H,29,35)(H,33,34)(H2,25,26,27,28)/t19-/m0/s1. The quantitative estimate of drug-likeness (QED) is 0.350. The monoisotopic (exact) mass is 503 g/mol. The second kappa shape index (κ2) is 14.1. The number of pyridine rings is 1. The molecule has 36 heavy (non-hydrogen) atoms. The van der Waals surface area contributed by atoms with Gasteiger partial charge in [0.2, 0.25) is 5.91 Å². The van der Waals surface area contributed by atoms with E-state index in [0.29, 0.717) is 32.6 Å². The number of unbranched alkanes of at least 4 members (excludes halogenated alkanes) is 1. The van der Waals surface area contributed by atoms with Crippen LogP contribution in [0.5, 0.6) is 0 Å². The molecule has 1 atom stereocenters. The number of carbonyl (C=O) groups is 3. The van der Waals surface area contributed by atoms with E-state index in [2.05, 4.69) is 30.8 Å². The van der Waals surface area contributed by atoms with Crippen molar-refractivity contribution in [1.29, 1.82) is 0 Å². The van der Waals surface area contributed by atoms with E-state index in [9.17, 15) is 19.5 Å². The van der Waals surface area contributed by atoms with Crippen molar-refractivity contribution in [3.63, 3.8) is 0 Å². The van der Waals surface area contributed by atoms with Crippen LogP contribution in [0.1, 0.15) is 45.4 Å². The van der Waals surface area contributed by atoms with Gasteiger partial charge in [-0.05, 0) is 31.7 Å². The van der Waals surface area contributed by atoms with Gasteiger partial charge in [-0.15, -0.1) is 0 Å². The van der Waals surface area contributed by atoms with Crippen LogP contribution in [0.3, 0.4) is 0 Å². The highest BCUT2D eigenvalue weighted by Gasteiger charge is 2.26. The minimum atomic E-state index is -1.19. The molecule has 12 nitrogen and oxygen atoms in total. The molecule has 2 aliphatic rings. The summed E-state index contributed by atoms with van der Waals surface area (Å²) in [6.45, 7) is 6.15. The van der Waals surface area contributed by atoms with Crippen molar-refractivity contribution < 1.29 is 24.2 Å². The number of alkyl carbamates (subject to hydrolysis) is 1. The molecule has 0 aromatic carbocycles.